The quantitative estimate of drug-likeness (QED) is 0.864. The number of hydrogen-bond donors (Lipinski definition) is 1. The van der Waals surface area contributed by atoms with Crippen LogP contribution in [0, 0.1) is 0 Å². The topological polar surface area (TPSA) is 67.3 Å². The van der Waals surface area contributed by atoms with Gasteiger partial charge in [0.15, 0.2) is 0 Å². The van der Waals surface area contributed by atoms with E-state index in [1.165, 1.54) is 32.0 Å². The number of nitrogens with zero attached hydrogens (tertiary/aromatic N) is 3. The lowest BCUT2D eigenvalue weighted by atomic mass is 10.1. The number of carbonyl (C=O) groups excluding carboxylic acids is 1. The van der Waals surface area contributed by atoms with E-state index in [4.69, 9.17) is 4.74 Å². The molecule has 26 heavy (non-hydrogen) atoms. The molecular weight excluding hydrogens is 328 g/mol. The Hall–Kier alpha value is -2.63. The summed E-state index contributed by atoms with van der Waals surface area (Å²) in [4.78, 5) is 23.2. The zero-order valence-electron chi connectivity index (χ0n) is 15.3. The van der Waals surface area contributed by atoms with Crippen molar-refractivity contribution in [3.63, 3.8) is 0 Å². The minimum absolute atomic E-state index is 0.161. The van der Waals surface area contributed by atoms with Gasteiger partial charge in [0.05, 0.1) is 7.11 Å². The van der Waals surface area contributed by atoms with Crippen LogP contribution in [0.3, 0.4) is 0 Å². The van der Waals surface area contributed by atoms with E-state index in [0.717, 1.165) is 36.6 Å². The molecule has 1 aliphatic rings. The predicted octanol–water partition coefficient (Wildman–Crippen LogP) is 2.84. The lowest BCUT2D eigenvalue weighted by molar-refractivity contribution is 0.0949. The highest BCUT2D eigenvalue weighted by Crippen LogP contribution is 2.17. The van der Waals surface area contributed by atoms with Crippen LogP contribution in [-0.4, -0.2) is 42.6 Å². The van der Waals surface area contributed by atoms with Crippen molar-refractivity contribution in [1.82, 2.24) is 15.3 Å². The van der Waals surface area contributed by atoms with Crippen molar-refractivity contribution in [2.45, 2.75) is 32.1 Å². The maximum absolute atomic E-state index is 12.4. The summed E-state index contributed by atoms with van der Waals surface area (Å²) in [6.07, 6.45) is 7.10. The first kappa shape index (κ1) is 18.2. The number of anilines is 1. The van der Waals surface area contributed by atoms with E-state index in [-0.39, 0.29) is 5.91 Å². The Balaban J connectivity index is 1.56. The number of nitrogens with one attached hydrogen (secondary N) is 1. The molecule has 0 spiro atoms. The fraction of sp³-hybridized carbons (Fsp3) is 0.450. The van der Waals surface area contributed by atoms with Gasteiger partial charge in [-0.15, -0.1) is 0 Å². The molecule has 1 aliphatic heterocycles. The summed E-state index contributed by atoms with van der Waals surface area (Å²) in [6.45, 7) is 2.54. The molecule has 0 atom stereocenters. The van der Waals surface area contributed by atoms with E-state index in [1.807, 2.05) is 24.3 Å². The van der Waals surface area contributed by atoms with Crippen molar-refractivity contribution in [3.8, 4) is 5.75 Å². The lowest BCUT2D eigenvalue weighted by Crippen LogP contribution is -2.28. The molecule has 6 heteroatoms. The molecule has 0 saturated carbocycles. The number of hydrogen-bond acceptors (Lipinski definition) is 5. The van der Waals surface area contributed by atoms with Gasteiger partial charge in [-0.25, -0.2) is 9.97 Å². The lowest BCUT2D eigenvalue weighted by Gasteiger charge is -2.21. The molecular formula is C20H26N4O2. The average molecular weight is 354 g/mol. The van der Waals surface area contributed by atoms with E-state index in [9.17, 15) is 4.79 Å². The van der Waals surface area contributed by atoms with Crippen molar-refractivity contribution in [2.75, 3.05) is 31.6 Å². The highest BCUT2D eigenvalue weighted by molar-refractivity contribution is 5.92. The van der Waals surface area contributed by atoms with Crippen LogP contribution in [0.15, 0.2) is 36.7 Å². The van der Waals surface area contributed by atoms with E-state index < -0.39 is 0 Å². The van der Waals surface area contributed by atoms with Crippen LogP contribution >= 0.6 is 0 Å². The van der Waals surface area contributed by atoms with E-state index in [2.05, 4.69) is 20.2 Å². The Morgan fingerprint density at radius 1 is 1.15 bits per heavy atom. The standard InChI is InChI=1S/C20H26N4O2/c1-26-17-8-6-7-16(13-17)9-10-21-20(25)18-14-19(23-15-22-18)24-11-4-2-3-5-12-24/h6-8,13-15H,2-5,9-12H2,1H3,(H,21,25). The number of ether oxygens (including phenoxy) is 1. The Morgan fingerprint density at radius 2 is 1.96 bits per heavy atom. The highest BCUT2D eigenvalue weighted by Gasteiger charge is 2.14. The Labute approximate surface area is 154 Å². The van der Waals surface area contributed by atoms with Gasteiger partial charge in [-0.1, -0.05) is 25.0 Å². The van der Waals surface area contributed by atoms with E-state index >= 15 is 0 Å². The van der Waals surface area contributed by atoms with Gasteiger partial charge in [-0.3, -0.25) is 4.79 Å². The second-order valence-electron chi connectivity index (χ2n) is 6.52. The Bertz CT molecular complexity index is 727. The second-order valence-corrected chi connectivity index (χ2v) is 6.52. The van der Waals surface area contributed by atoms with Crippen molar-refractivity contribution < 1.29 is 9.53 Å². The summed E-state index contributed by atoms with van der Waals surface area (Å²) >= 11 is 0. The minimum atomic E-state index is -0.161. The van der Waals surface area contributed by atoms with Gasteiger partial charge in [-0.2, -0.15) is 0 Å². The first-order valence-corrected chi connectivity index (χ1v) is 9.24. The smallest absolute Gasteiger partial charge is 0.270 e. The number of methoxy groups -OCH3 is 1. The molecule has 0 aliphatic carbocycles. The first-order valence-electron chi connectivity index (χ1n) is 9.24. The number of carbonyl (C=O) groups is 1. The van der Waals surface area contributed by atoms with Crippen LogP contribution in [-0.2, 0) is 6.42 Å². The largest absolute Gasteiger partial charge is 0.497 e. The van der Waals surface area contributed by atoms with Crippen LogP contribution in [0.25, 0.3) is 0 Å². The molecule has 0 unspecified atom stereocenters. The van der Waals surface area contributed by atoms with Crippen LogP contribution in [0.4, 0.5) is 5.82 Å². The monoisotopic (exact) mass is 354 g/mol. The zero-order valence-corrected chi connectivity index (χ0v) is 15.3. The minimum Gasteiger partial charge on any atom is -0.497 e. The molecule has 2 aromatic rings. The van der Waals surface area contributed by atoms with Crippen molar-refractivity contribution in [3.05, 3.63) is 47.9 Å². The fourth-order valence-corrected chi connectivity index (χ4v) is 3.18. The average Bonchev–Trinajstić information content (AvgIpc) is 2.98. The molecule has 1 N–H and O–H groups in total. The maximum atomic E-state index is 12.4. The molecule has 2 heterocycles. The summed E-state index contributed by atoms with van der Waals surface area (Å²) in [7, 11) is 1.65. The summed E-state index contributed by atoms with van der Waals surface area (Å²) in [6, 6.07) is 9.67. The van der Waals surface area contributed by atoms with Gasteiger partial charge in [0.25, 0.3) is 5.91 Å². The van der Waals surface area contributed by atoms with E-state index in [1.54, 1.807) is 13.2 Å². The van der Waals surface area contributed by atoms with Gasteiger partial charge < -0.3 is 15.0 Å². The summed E-state index contributed by atoms with van der Waals surface area (Å²) in [5, 5.41) is 2.94. The zero-order chi connectivity index (χ0) is 18.2. The third-order valence-corrected chi connectivity index (χ3v) is 4.65. The van der Waals surface area contributed by atoms with Crippen LogP contribution < -0.4 is 15.0 Å². The second kappa shape index (κ2) is 9.17. The van der Waals surface area contributed by atoms with Crippen molar-refractivity contribution in [1.29, 1.82) is 0 Å². The molecule has 138 valence electrons. The molecule has 1 saturated heterocycles. The Kier molecular flexibility index (Phi) is 6.41. The SMILES string of the molecule is COc1cccc(CCNC(=O)c2cc(N3CCCCCC3)ncn2)c1. The molecule has 1 aromatic carbocycles. The number of aromatic nitrogens is 2. The maximum Gasteiger partial charge on any atom is 0.270 e. The van der Waals surface area contributed by atoms with Crippen molar-refractivity contribution >= 4 is 11.7 Å². The fourth-order valence-electron chi connectivity index (χ4n) is 3.18. The molecule has 3 rings (SSSR count). The van der Waals surface area contributed by atoms with Crippen LogP contribution in [0.5, 0.6) is 5.75 Å². The van der Waals surface area contributed by atoms with Gasteiger partial charge in [-0.05, 0) is 37.0 Å². The van der Waals surface area contributed by atoms with Crippen molar-refractivity contribution in [2.24, 2.45) is 0 Å². The number of amides is 1. The Morgan fingerprint density at radius 3 is 2.73 bits per heavy atom. The molecule has 6 nitrogen and oxygen atoms in total. The molecule has 1 aromatic heterocycles. The number of rotatable bonds is 6. The first-order chi connectivity index (χ1) is 12.8. The summed E-state index contributed by atoms with van der Waals surface area (Å²) < 4.78 is 5.22. The van der Waals surface area contributed by atoms with Gasteiger partial charge in [0, 0.05) is 25.7 Å². The molecule has 0 radical (unpaired) electrons. The summed E-state index contributed by atoms with van der Waals surface area (Å²) in [5.41, 5.74) is 1.54. The molecule has 1 fully saturated rings. The van der Waals surface area contributed by atoms with Crippen LogP contribution in [0.2, 0.25) is 0 Å². The third kappa shape index (κ3) is 4.94. The summed E-state index contributed by atoms with van der Waals surface area (Å²) in [5.74, 6) is 1.51. The van der Waals surface area contributed by atoms with Crippen LogP contribution in [0.1, 0.15) is 41.7 Å². The third-order valence-electron chi connectivity index (χ3n) is 4.65. The van der Waals surface area contributed by atoms with E-state index in [0.29, 0.717) is 12.2 Å². The predicted molar refractivity (Wildman–Crippen MR) is 102 cm³/mol. The van der Waals surface area contributed by atoms with Gasteiger partial charge >= 0.3 is 0 Å². The highest BCUT2D eigenvalue weighted by atomic mass is 16.5. The van der Waals surface area contributed by atoms with Gasteiger partial charge in [0.2, 0.25) is 0 Å². The normalized spacial score (nSPS) is 14.6. The molecule has 0 bridgehead atoms. The van der Waals surface area contributed by atoms with Gasteiger partial charge in [0.1, 0.15) is 23.6 Å². The number of benzene rings is 1. The molecule has 1 amide bonds.